The van der Waals surface area contributed by atoms with Crippen LogP contribution in [0.15, 0.2) is 36.5 Å². The molecule has 0 aliphatic rings. The normalized spacial score (nSPS) is 10.8. The Balaban J connectivity index is 1.62. The van der Waals surface area contributed by atoms with Crippen LogP contribution in [0, 0.1) is 0 Å². The van der Waals surface area contributed by atoms with Crippen molar-refractivity contribution in [3.8, 4) is 17.2 Å². The molecular formula is C22H26N2O5. The van der Waals surface area contributed by atoms with Crippen LogP contribution in [0.25, 0.3) is 10.9 Å². The third-order valence-electron chi connectivity index (χ3n) is 4.82. The predicted molar refractivity (Wildman–Crippen MR) is 111 cm³/mol. The van der Waals surface area contributed by atoms with Crippen LogP contribution in [0.3, 0.4) is 0 Å². The van der Waals surface area contributed by atoms with Crippen LogP contribution >= 0.6 is 0 Å². The highest BCUT2D eigenvalue weighted by Crippen LogP contribution is 2.38. The molecule has 0 spiro atoms. The summed E-state index contributed by atoms with van der Waals surface area (Å²) in [6, 6.07) is 9.36. The van der Waals surface area contributed by atoms with Gasteiger partial charge in [0, 0.05) is 23.6 Å². The minimum absolute atomic E-state index is 0.00603. The Morgan fingerprint density at radius 3 is 2.38 bits per heavy atom. The molecule has 154 valence electrons. The Morgan fingerprint density at radius 2 is 1.76 bits per heavy atom. The minimum Gasteiger partial charge on any atom is -0.493 e. The van der Waals surface area contributed by atoms with Gasteiger partial charge in [0.15, 0.2) is 11.5 Å². The van der Waals surface area contributed by atoms with Crippen molar-refractivity contribution in [2.24, 2.45) is 0 Å². The van der Waals surface area contributed by atoms with Crippen molar-refractivity contribution >= 4 is 16.8 Å². The van der Waals surface area contributed by atoms with Crippen LogP contribution in [0.5, 0.6) is 17.2 Å². The number of aromatic nitrogens is 1. The van der Waals surface area contributed by atoms with Crippen molar-refractivity contribution in [1.29, 1.82) is 0 Å². The van der Waals surface area contributed by atoms with E-state index in [1.54, 1.807) is 33.5 Å². The van der Waals surface area contributed by atoms with Gasteiger partial charge in [-0.25, -0.2) is 0 Å². The van der Waals surface area contributed by atoms with Crippen LogP contribution in [-0.2, 0) is 24.2 Å². The largest absolute Gasteiger partial charge is 0.493 e. The molecule has 0 atom stereocenters. The summed E-state index contributed by atoms with van der Waals surface area (Å²) in [4.78, 5) is 15.6. The van der Waals surface area contributed by atoms with Gasteiger partial charge in [0.05, 0.1) is 34.4 Å². The van der Waals surface area contributed by atoms with Gasteiger partial charge in [-0.3, -0.25) is 4.79 Å². The van der Waals surface area contributed by atoms with Gasteiger partial charge < -0.3 is 29.6 Å². The van der Waals surface area contributed by atoms with E-state index in [2.05, 4.69) is 10.3 Å². The fraction of sp³-hybridized carbons (Fsp3) is 0.318. The van der Waals surface area contributed by atoms with Crippen LogP contribution in [0.4, 0.5) is 0 Å². The molecule has 0 saturated carbocycles. The van der Waals surface area contributed by atoms with Crippen LogP contribution < -0.4 is 19.5 Å². The Labute approximate surface area is 169 Å². The summed E-state index contributed by atoms with van der Waals surface area (Å²) in [6.45, 7) is 0.519. The molecule has 0 aliphatic carbocycles. The van der Waals surface area contributed by atoms with E-state index < -0.39 is 0 Å². The molecule has 0 radical (unpaired) electrons. The monoisotopic (exact) mass is 398 g/mol. The van der Waals surface area contributed by atoms with Crippen molar-refractivity contribution in [2.75, 3.05) is 27.9 Å². The number of aromatic amines is 1. The Bertz CT molecular complexity index is 971. The summed E-state index contributed by atoms with van der Waals surface area (Å²) >= 11 is 0. The molecule has 7 nitrogen and oxygen atoms in total. The highest BCUT2D eigenvalue weighted by atomic mass is 16.5. The number of aliphatic hydroxyl groups is 1. The van der Waals surface area contributed by atoms with Gasteiger partial charge in [-0.1, -0.05) is 6.07 Å². The first-order valence-corrected chi connectivity index (χ1v) is 9.35. The second-order valence-electron chi connectivity index (χ2n) is 6.66. The fourth-order valence-electron chi connectivity index (χ4n) is 3.35. The summed E-state index contributed by atoms with van der Waals surface area (Å²) < 4.78 is 16.0. The van der Waals surface area contributed by atoms with Gasteiger partial charge >= 0.3 is 0 Å². The first kappa shape index (κ1) is 20.5. The highest BCUT2D eigenvalue weighted by Gasteiger charge is 2.15. The van der Waals surface area contributed by atoms with E-state index in [0.29, 0.717) is 30.2 Å². The summed E-state index contributed by atoms with van der Waals surface area (Å²) in [6.07, 6.45) is 2.84. The zero-order valence-corrected chi connectivity index (χ0v) is 16.9. The van der Waals surface area contributed by atoms with Gasteiger partial charge in [0.2, 0.25) is 11.7 Å². The lowest BCUT2D eigenvalue weighted by molar-refractivity contribution is -0.120. The second-order valence-corrected chi connectivity index (χ2v) is 6.66. The average Bonchev–Trinajstić information content (AvgIpc) is 3.14. The molecule has 0 bridgehead atoms. The van der Waals surface area contributed by atoms with Crippen LogP contribution in [-0.4, -0.2) is 43.9 Å². The maximum absolute atomic E-state index is 12.4. The molecule has 2 aromatic carbocycles. The molecule has 3 aromatic rings. The summed E-state index contributed by atoms with van der Waals surface area (Å²) in [7, 11) is 4.63. The highest BCUT2D eigenvalue weighted by molar-refractivity contribution is 5.84. The topological polar surface area (TPSA) is 92.8 Å². The van der Waals surface area contributed by atoms with E-state index in [9.17, 15) is 9.90 Å². The van der Waals surface area contributed by atoms with Gasteiger partial charge in [-0.05, 0) is 47.4 Å². The Hall–Kier alpha value is -3.19. The number of methoxy groups -OCH3 is 3. The van der Waals surface area contributed by atoms with E-state index in [1.807, 2.05) is 24.4 Å². The van der Waals surface area contributed by atoms with Crippen molar-refractivity contribution in [2.45, 2.75) is 19.4 Å². The van der Waals surface area contributed by atoms with Crippen molar-refractivity contribution < 1.29 is 24.1 Å². The SMILES string of the molecule is COc1cc(CC(=O)NCCc2c[nH]c3ccc(CO)cc23)cc(OC)c1OC. The van der Waals surface area contributed by atoms with E-state index >= 15 is 0 Å². The Morgan fingerprint density at radius 1 is 1.03 bits per heavy atom. The first-order valence-electron chi connectivity index (χ1n) is 9.35. The van der Waals surface area contributed by atoms with E-state index in [0.717, 1.165) is 27.6 Å². The molecular weight excluding hydrogens is 372 g/mol. The average molecular weight is 398 g/mol. The lowest BCUT2D eigenvalue weighted by atomic mass is 10.1. The van der Waals surface area contributed by atoms with Crippen molar-refractivity contribution in [3.63, 3.8) is 0 Å². The van der Waals surface area contributed by atoms with E-state index in [-0.39, 0.29) is 18.9 Å². The van der Waals surface area contributed by atoms with Gasteiger partial charge in [-0.2, -0.15) is 0 Å². The molecule has 29 heavy (non-hydrogen) atoms. The number of amides is 1. The third-order valence-corrected chi connectivity index (χ3v) is 4.82. The smallest absolute Gasteiger partial charge is 0.224 e. The second kappa shape index (κ2) is 9.34. The zero-order chi connectivity index (χ0) is 20.8. The Kier molecular flexibility index (Phi) is 6.61. The first-order chi connectivity index (χ1) is 14.1. The molecule has 0 unspecified atom stereocenters. The number of rotatable bonds is 9. The standard InChI is InChI=1S/C22H26N2O5/c1-27-19-9-15(10-20(28-2)22(19)29-3)11-21(26)23-7-6-16-12-24-18-5-4-14(13-25)8-17(16)18/h4-5,8-10,12,24-25H,6-7,11,13H2,1-3H3,(H,23,26). The number of carbonyl (C=O) groups excluding carboxylic acids is 1. The fourth-order valence-corrected chi connectivity index (χ4v) is 3.35. The molecule has 1 amide bonds. The number of hydrogen-bond donors (Lipinski definition) is 3. The number of carbonyl (C=O) groups is 1. The molecule has 1 aromatic heterocycles. The maximum atomic E-state index is 12.4. The van der Waals surface area contributed by atoms with Crippen molar-refractivity contribution in [1.82, 2.24) is 10.3 Å². The molecule has 0 saturated heterocycles. The number of fused-ring (bicyclic) bond motifs is 1. The lowest BCUT2D eigenvalue weighted by Gasteiger charge is -2.14. The molecule has 1 heterocycles. The van der Waals surface area contributed by atoms with Crippen LogP contribution in [0.1, 0.15) is 16.7 Å². The summed E-state index contributed by atoms with van der Waals surface area (Å²) in [5.41, 5.74) is 3.76. The quantitative estimate of drug-likeness (QED) is 0.515. The van der Waals surface area contributed by atoms with E-state index in [1.165, 1.54) is 0 Å². The lowest BCUT2D eigenvalue weighted by Crippen LogP contribution is -2.27. The van der Waals surface area contributed by atoms with Crippen LogP contribution in [0.2, 0.25) is 0 Å². The van der Waals surface area contributed by atoms with Crippen molar-refractivity contribution in [3.05, 3.63) is 53.2 Å². The van der Waals surface area contributed by atoms with Gasteiger partial charge in [0.25, 0.3) is 0 Å². The number of ether oxygens (including phenoxy) is 3. The molecule has 7 heteroatoms. The third kappa shape index (κ3) is 4.63. The maximum Gasteiger partial charge on any atom is 0.224 e. The molecule has 3 N–H and O–H groups in total. The molecule has 0 fully saturated rings. The van der Waals surface area contributed by atoms with E-state index in [4.69, 9.17) is 14.2 Å². The van der Waals surface area contributed by atoms with Gasteiger partial charge in [-0.15, -0.1) is 0 Å². The number of H-pyrrole nitrogens is 1. The molecule has 3 rings (SSSR count). The number of aliphatic hydroxyl groups excluding tert-OH is 1. The van der Waals surface area contributed by atoms with Gasteiger partial charge in [0.1, 0.15) is 0 Å². The number of nitrogens with one attached hydrogen (secondary N) is 2. The zero-order valence-electron chi connectivity index (χ0n) is 16.9. The number of hydrogen-bond acceptors (Lipinski definition) is 5. The number of benzene rings is 2. The summed E-state index contributed by atoms with van der Waals surface area (Å²) in [5.74, 6) is 1.46. The summed E-state index contributed by atoms with van der Waals surface area (Å²) in [5, 5.41) is 13.3. The minimum atomic E-state index is -0.0878. The predicted octanol–water partition coefficient (Wildman–Crippen LogP) is 2.59. The molecule has 0 aliphatic heterocycles.